The highest BCUT2D eigenvalue weighted by Gasteiger charge is 2.28. The molecule has 1 unspecified atom stereocenters. The SMILES string of the molecule is Cc1nnc2n1-c1ccccc1C(c1ccccc1)=NC2NC(=O)C=Cc1cccs1. The lowest BCUT2D eigenvalue weighted by atomic mass is 10.0. The number of nitrogens with one attached hydrogen (secondary N) is 1. The summed E-state index contributed by atoms with van der Waals surface area (Å²) in [5.74, 6) is 1.07. The van der Waals surface area contributed by atoms with Gasteiger partial charge in [-0.1, -0.05) is 54.6 Å². The lowest BCUT2D eigenvalue weighted by Gasteiger charge is -2.13. The summed E-state index contributed by atoms with van der Waals surface area (Å²) in [5, 5.41) is 13.6. The van der Waals surface area contributed by atoms with Crippen molar-refractivity contribution >= 4 is 29.0 Å². The van der Waals surface area contributed by atoms with E-state index >= 15 is 0 Å². The fourth-order valence-corrected chi connectivity index (χ4v) is 4.25. The van der Waals surface area contributed by atoms with E-state index in [9.17, 15) is 4.79 Å². The highest BCUT2D eigenvalue weighted by atomic mass is 32.1. The Morgan fingerprint density at radius 2 is 1.84 bits per heavy atom. The van der Waals surface area contributed by atoms with Gasteiger partial charge in [0.2, 0.25) is 5.91 Å². The number of rotatable bonds is 4. The third-order valence-electron chi connectivity index (χ3n) is 5.02. The van der Waals surface area contributed by atoms with Crippen molar-refractivity contribution in [2.75, 3.05) is 0 Å². The maximum atomic E-state index is 12.7. The number of nitrogens with zero attached hydrogens (tertiary/aromatic N) is 4. The summed E-state index contributed by atoms with van der Waals surface area (Å²) >= 11 is 1.57. The Kier molecular flexibility index (Phi) is 5.01. The molecular formula is C24H19N5OS. The Balaban J connectivity index is 1.60. The number of carbonyl (C=O) groups is 1. The van der Waals surface area contributed by atoms with Gasteiger partial charge in [0, 0.05) is 22.1 Å². The number of benzene rings is 2. The molecule has 7 heteroatoms. The van der Waals surface area contributed by atoms with Crippen LogP contribution in [0.25, 0.3) is 11.8 Å². The van der Waals surface area contributed by atoms with Gasteiger partial charge in [0.25, 0.3) is 0 Å². The molecule has 152 valence electrons. The number of thiophene rings is 1. The van der Waals surface area contributed by atoms with E-state index in [0.29, 0.717) is 5.82 Å². The van der Waals surface area contributed by atoms with Crippen LogP contribution in [0.3, 0.4) is 0 Å². The van der Waals surface area contributed by atoms with Crippen molar-refractivity contribution in [1.29, 1.82) is 0 Å². The predicted molar refractivity (Wildman–Crippen MR) is 122 cm³/mol. The van der Waals surface area contributed by atoms with Crippen molar-refractivity contribution in [1.82, 2.24) is 20.1 Å². The van der Waals surface area contributed by atoms with Gasteiger partial charge in [-0.15, -0.1) is 21.5 Å². The van der Waals surface area contributed by atoms with Crippen molar-refractivity contribution in [2.24, 2.45) is 4.99 Å². The first-order valence-corrected chi connectivity index (χ1v) is 10.8. The first-order chi connectivity index (χ1) is 15.2. The standard InChI is InChI=1S/C24H19N5OS/c1-16-27-28-24-23(25-21(30)14-13-18-10-7-15-31-18)26-22(17-8-3-2-4-9-17)19-11-5-6-12-20(19)29(16)24/h2-15,23H,1H3,(H,25,30). The summed E-state index contributed by atoms with van der Waals surface area (Å²) in [6, 6.07) is 21.9. The minimum Gasteiger partial charge on any atom is -0.324 e. The third kappa shape index (κ3) is 3.71. The molecule has 0 saturated carbocycles. The predicted octanol–water partition coefficient (Wildman–Crippen LogP) is 4.32. The van der Waals surface area contributed by atoms with Gasteiger partial charge in [0.15, 0.2) is 12.0 Å². The largest absolute Gasteiger partial charge is 0.324 e. The number of hydrogen-bond donors (Lipinski definition) is 1. The Morgan fingerprint density at radius 1 is 1.03 bits per heavy atom. The van der Waals surface area contributed by atoms with Crippen LogP contribution in [0.1, 0.15) is 33.8 Å². The lowest BCUT2D eigenvalue weighted by Crippen LogP contribution is -2.28. The molecule has 0 saturated heterocycles. The third-order valence-corrected chi connectivity index (χ3v) is 5.86. The fraction of sp³-hybridized carbons (Fsp3) is 0.0833. The molecule has 5 rings (SSSR count). The number of fused-ring (bicyclic) bond motifs is 3. The zero-order valence-corrected chi connectivity index (χ0v) is 17.6. The van der Waals surface area contributed by atoms with Crippen LogP contribution in [-0.2, 0) is 4.79 Å². The Morgan fingerprint density at radius 3 is 2.65 bits per heavy atom. The van der Waals surface area contributed by atoms with Gasteiger partial charge in [0.1, 0.15) is 5.82 Å². The quantitative estimate of drug-likeness (QED) is 0.495. The minimum atomic E-state index is -0.677. The molecule has 0 aliphatic carbocycles. The number of amides is 1. The van der Waals surface area contributed by atoms with Crippen LogP contribution in [0.4, 0.5) is 0 Å². The van der Waals surface area contributed by atoms with Gasteiger partial charge in [0.05, 0.1) is 11.4 Å². The summed E-state index contributed by atoms with van der Waals surface area (Å²) < 4.78 is 1.96. The molecule has 1 N–H and O–H groups in total. The molecule has 1 amide bonds. The van der Waals surface area contributed by atoms with Gasteiger partial charge in [-0.3, -0.25) is 14.4 Å². The fourth-order valence-electron chi connectivity index (χ4n) is 3.63. The number of aromatic nitrogens is 3. The summed E-state index contributed by atoms with van der Waals surface area (Å²) in [5.41, 5.74) is 3.67. The molecule has 1 atom stereocenters. The molecule has 1 aliphatic heterocycles. The van der Waals surface area contributed by atoms with E-state index in [0.717, 1.165) is 33.2 Å². The number of carbonyl (C=O) groups excluding carboxylic acids is 1. The maximum absolute atomic E-state index is 12.7. The van der Waals surface area contributed by atoms with Gasteiger partial charge < -0.3 is 5.32 Å². The van der Waals surface area contributed by atoms with Crippen LogP contribution in [0.5, 0.6) is 0 Å². The second-order valence-corrected chi connectivity index (χ2v) is 8.04. The zero-order chi connectivity index (χ0) is 21.2. The molecule has 0 spiro atoms. The first-order valence-electron chi connectivity index (χ1n) is 9.88. The summed E-state index contributed by atoms with van der Waals surface area (Å²) in [4.78, 5) is 18.7. The van der Waals surface area contributed by atoms with E-state index < -0.39 is 6.17 Å². The monoisotopic (exact) mass is 425 g/mol. The van der Waals surface area contributed by atoms with Crippen LogP contribution < -0.4 is 5.32 Å². The maximum Gasteiger partial charge on any atom is 0.246 e. The molecule has 2 aromatic carbocycles. The van der Waals surface area contributed by atoms with E-state index in [1.807, 2.05) is 83.6 Å². The van der Waals surface area contributed by atoms with Crippen molar-refractivity contribution < 1.29 is 4.79 Å². The Bertz CT molecular complexity index is 1290. The van der Waals surface area contributed by atoms with Crippen LogP contribution in [-0.4, -0.2) is 26.4 Å². The van der Waals surface area contributed by atoms with E-state index in [1.54, 1.807) is 17.4 Å². The summed E-state index contributed by atoms with van der Waals surface area (Å²) in [7, 11) is 0. The molecule has 0 bridgehead atoms. The van der Waals surface area contributed by atoms with E-state index in [-0.39, 0.29) is 5.91 Å². The molecule has 0 radical (unpaired) electrons. The lowest BCUT2D eigenvalue weighted by molar-refractivity contribution is -0.117. The Labute approximate surface area is 183 Å². The topological polar surface area (TPSA) is 72.2 Å². The molecule has 1 aliphatic rings. The molecule has 2 aromatic heterocycles. The molecule has 3 heterocycles. The van der Waals surface area contributed by atoms with Gasteiger partial charge in [-0.25, -0.2) is 0 Å². The normalized spacial score (nSPS) is 15.1. The van der Waals surface area contributed by atoms with Crippen LogP contribution >= 0.6 is 11.3 Å². The van der Waals surface area contributed by atoms with Crippen molar-refractivity contribution in [3.05, 3.63) is 106 Å². The molecule has 0 fully saturated rings. The van der Waals surface area contributed by atoms with Gasteiger partial charge >= 0.3 is 0 Å². The van der Waals surface area contributed by atoms with E-state index in [2.05, 4.69) is 15.5 Å². The van der Waals surface area contributed by atoms with Gasteiger partial charge in [-0.2, -0.15) is 0 Å². The van der Waals surface area contributed by atoms with E-state index in [4.69, 9.17) is 4.99 Å². The van der Waals surface area contributed by atoms with Crippen molar-refractivity contribution in [3.8, 4) is 5.69 Å². The Hall–Kier alpha value is -3.84. The number of aryl methyl sites for hydroxylation is 1. The number of aliphatic imine (C=N–C) groups is 1. The molecule has 4 aromatic rings. The van der Waals surface area contributed by atoms with Crippen LogP contribution in [0.2, 0.25) is 0 Å². The van der Waals surface area contributed by atoms with Crippen LogP contribution in [0, 0.1) is 6.92 Å². The molecular weight excluding hydrogens is 406 g/mol. The average molecular weight is 426 g/mol. The second-order valence-electron chi connectivity index (χ2n) is 7.06. The zero-order valence-electron chi connectivity index (χ0n) is 16.8. The number of hydrogen-bond acceptors (Lipinski definition) is 5. The second kappa shape index (κ2) is 8.12. The first kappa shape index (κ1) is 19.1. The van der Waals surface area contributed by atoms with Crippen LogP contribution in [0.15, 0.2) is 83.2 Å². The van der Waals surface area contributed by atoms with Gasteiger partial charge in [-0.05, 0) is 30.5 Å². The molecule has 31 heavy (non-hydrogen) atoms. The van der Waals surface area contributed by atoms with E-state index in [1.165, 1.54) is 6.08 Å². The summed E-state index contributed by atoms with van der Waals surface area (Å²) in [6.45, 7) is 1.90. The molecule has 6 nitrogen and oxygen atoms in total. The average Bonchev–Trinajstić information content (AvgIpc) is 3.43. The highest BCUT2D eigenvalue weighted by Crippen LogP contribution is 2.29. The minimum absolute atomic E-state index is 0.243. The summed E-state index contributed by atoms with van der Waals surface area (Å²) in [6.07, 6.45) is 2.64. The highest BCUT2D eigenvalue weighted by molar-refractivity contribution is 7.10. The number of para-hydroxylation sites is 1. The van der Waals surface area contributed by atoms with Crippen molar-refractivity contribution in [3.63, 3.8) is 0 Å². The smallest absolute Gasteiger partial charge is 0.246 e. The van der Waals surface area contributed by atoms with Crippen molar-refractivity contribution in [2.45, 2.75) is 13.1 Å².